The van der Waals surface area contributed by atoms with E-state index in [1.54, 1.807) is 23.9 Å². The summed E-state index contributed by atoms with van der Waals surface area (Å²) < 4.78 is 27.6. The van der Waals surface area contributed by atoms with Gasteiger partial charge >= 0.3 is 0 Å². The van der Waals surface area contributed by atoms with Gasteiger partial charge < -0.3 is 5.32 Å². The van der Waals surface area contributed by atoms with Crippen molar-refractivity contribution in [2.24, 2.45) is 0 Å². The number of hydrogen-bond donors (Lipinski definition) is 2. The highest BCUT2D eigenvalue weighted by Crippen LogP contribution is 2.18. The van der Waals surface area contributed by atoms with Gasteiger partial charge in [-0.25, -0.2) is 18.1 Å². The number of sulfonamides is 1. The predicted octanol–water partition coefficient (Wildman–Crippen LogP) is 2.32. The van der Waals surface area contributed by atoms with Gasteiger partial charge in [0.25, 0.3) is 10.0 Å². The highest BCUT2D eigenvalue weighted by atomic mass is 32.2. The Balaban J connectivity index is 2.96. The van der Waals surface area contributed by atoms with Crippen LogP contribution in [0.15, 0.2) is 23.4 Å². The number of nitrogens with one attached hydrogen (secondary N) is 2. The van der Waals surface area contributed by atoms with Crippen LogP contribution in [0.2, 0.25) is 0 Å². The summed E-state index contributed by atoms with van der Waals surface area (Å²) in [7, 11) is -3.59. The highest BCUT2D eigenvalue weighted by molar-refractivity contribution is 7.98. The number of thioether (sulfide) groups is 1. The molecule has 0 radical (unpaired) electrons. The zero-order valence-corrected chi connectivity index (χ0v) is 13.9. The SMILES string of the molecule is CCCNc1cccnc1S(=O)(=O)NC(CC)CSC. The topological polar surface area (TPSA) is 71.1 Å². The molecule has 0 amide bonds. The molecule has 1 heterocycles. The Kier molecular flexibility index (Phi) is 7.32. The van der Waals surface area contributed by atoms with Crippen LogP contribution in [0.4, 0.5) is 5.69 Å². The zero-order chi connectivity index (χ0) is 15.0. The van der Waals surface area contributed by atoms with Gasteiger partial charge in [-0.3, -0.25) is 0 Å². The number of anilines is 1. The van der Waals surface area contributed by atoms with E-state index in [1.807, 2.05) is 20.1 Å². The smallest absolute Gasteiger partial charge is 0.260 e. The lowest BCUT2D eigenvalue weighted by Gasteiger charge is -2.17. The summed E-state index contributed by atoms with van der Waals surface area (Å²) in [6, 6.07) is 3.40. The molecule has 5 nitrogen and oxygen atoms in total. The number of rotatable bonds is 9. The van der Waals surface area contributed by atoms with Gasteiger partial charge in [0.1, 0.15) is 0 Å². The molecule has 1 atom stereocenters. The summed E-state index contributed by atoms with van der Waals surface area (Å²) in [6.45, 7) is 4.72. The molecule has 2 N–H and O–H groups in total. The molecule has 1 aromatic heterocycles. The van der Waals surface area contributed by atoms with Crippen molar-refractivity contribution in [3.05, 3.63) is 18.3 Å². The van der Waals surface area contributed by atoms with Gasteiger partial charge in [-0.1, -0.05) is 13.8 Å². The number of hydrogen-bond acceptors (Lipinski definition) is 5. The van der Waals surface area contributed by atoms with E-state index < -0.39 is 10.0 Å². The lowest BCUT2D eigenvalue weighted by atomic mass is 10.3. The summed E-state index contributed by atoms with van der Waals surface area (Å²) >= 11 is 1.63. The number of nitrogens with zero attached hydrogens (tertiary/aromatic N) is 1. The van der Waals surface area contributed by atoms with E-state index in [0.29, 0.717) is 5.69 Å². The standard InChI is InChI=1S/C13H23N3O2S2/c1-4-8-14-12-7-6-9-15-13(12)20(17,18)16-11(5-2)10-19-3/h6-7,9,11,14,16H,4-5,8,10H2,1-3H3. The normalized spacial score (nSPS) is 13.2. The van der Waals surface area contributed by atoms with Crippen LogP contribution in [0.5, 0.6) is 0 Å². The predicted molar refractivity (Wildman–Crippen MR) is 85.8 cm³/mol. The average Bonchev–Trinajstić information content (AvgIpc) is 2.44. The summed E-state index contributed by atoms with van der Waals surface area (Å²) in [5.74, 6) is 0.750. The maximum absolute atomic E-state index is 12.4. The van der Waals surface area contributed by atoms with E-state index in [1.165, 1.54) is 6.20 Å². The first-order valence-corrected chi connectivity index (χ1v) is 9.63. The zero-order valence-electron chi connectivity index (χ0n) is 12.2. The summed E-state index contributed by atoms with van der Waals surface area (Å²) in [5, 5.41) is 3.18. The Morgan fingerprint density at radius 3 is 2.75 bits per heavy atom. The molecule has 0 saturated carbocycles. The lowest BCUT2D eigenvalue weighted by Crippen LogP contribution is -2.36. The van der Waals surface area contributed by atoms with E-state index in [2.05, 4.69) is 15.0 Å². The fourth-order valence-corrected chi connectivity index (χ4v) is 3.97. The molecular weight excluding hydrogens is 294 g/mol. The van der Waals surface area contributed by atoms with E-state index >= 15 is 0 Å². The van der Waals surface area contributed by atoms with Crippen LogP contribution in [0.25, 0.3) is 0 Å². The van der Waals surface area contributed by atoms with Crippen molar-refractivity contribution in [2.45, 2.75) is 37.8 Å². The molecular formula is C13H23N3O2S2. The highest BCUT2D eigenvalue weighted by Gasteiger charge is 2.23. The summed E-state index contributed by atoms with van der Waals surface area (Å²) in [6.07, 6.45) is 5.14. The molecule has 0 fully saturated rings. The fraction of sp³-hybridized carbons (Fsp3) is 0.615. The molecule has 7 heteroatoms. The average molecular weight is 317 g/mol. The molecule has 0 aliphatic carbocycles. The minimum absolute atomic E-state index is 0.0731. The van der Waals surface area contributed by atoms with Gasteiger partial charge in [0.2, 0.25) is 0 Å². The van der Waals surface area contributed by atoms with E-state index in [9.17, 15) is 8.42 Å². The third kappa shape index (κ3) is 4.96. The quantitative estimate of drug-likeness (QED) is 0.731. The Labute approximate surface area is 126 Å². The molecule has 1 unspecified atom stereocenters. The molecule has 20 heavy (non-hydrogen) atoms. The van der Waals surface area contributed by atoms with Gasteiger partial charge in [0, 0.05) is 24.5 Å². The van der Waals surface area contributed by atoms with E-state index in [-0.39, 0.29) is 11.1 Å². The number of aromatic nitrogens is 1. The van der Waals surface area contributed by atoms with Crippen LogP contribution in [-0.2, 0) is 10.0 Å². The molecule has 0 saturated heterocycles. The van der Waals surface area contributed by atoms with Crippen molar-refractivity contribution >= 4 is 27.5 Å². The molecule has 114 valence electrons. The molecule has 0 aromatic carbocycles. The first kappa shape index (κ1) is 17.3. The van der Waals surface area contributed by atoms with Gasteiger partial charge in [-0.15, -0.1) is 0 Å². The maximum Gasteiger partial charge on any atom is 0.260 e. The third-order valence-corrected chi connectivity index (χ3v) is 4.99. The van der Waals surface area contributed by atoms with Crippen LogP contribution >= 0.6 is 11.8 Å². The first-order chi connectivity index (χ1) is 9.55. The molecule has 0 aliphatic rings. The Bertz CT molecular complexity index is 506. The largest absolute Gasteiger partial charge is 0.383 e. The Morgan fingerprint density at radius 2 is 2.15 bits per heavy atom. The number of pyridine rings is 1. The van der Waals surface area contributed by atoms with Crippen LogP contribution in [0.3, 0.4) is 0 Å². The molecule has 1 aromatic rings. The van der Waals surface area contributed by atoms with Gasteiger partial charge in [-0.05, 0) is 31.2 Å². The summed E-state index contributed by atoms with van der Waals surface area (Å²) in [4.78, 5) is 4.03. The van der Waals surface area contributed by atoms with Gasteiger partial charge in [0.15, 0.2) is 5.03 Å². The van der Waals surface area contributed by atoms with E-state index in [4.69, 9.17) is 0 Å². The van der Waals surface area contributed by atoms with E-state index in [0.717, 1.165) is 25.1 Å². The van der Waals surface area contributed by atoms with Crippen molar-refractivity contribution in [1.82, 2.24) is 9.71 Å². The van der Waals surface area contributed by atoms with Crippen molar-refractivity contribution in [1.29, 1.82) is 0 Å². The van der Waals surface area contributed by atoms with Crippen molar-refractivity contribution < 1.29 is 8.42 Å². The van der Waals surface area contributed by atoms with Crippen LogP contribution in [-0.4, -0.2) is 38.0 Å². The maximum atomic E-state index is 12.4. The second kappa shape index (κ2) is 8.49. The fourth-order valence-electron chi connectivity index (χ4n) is 1.71. The van der Waals surface area contributed by atoms with Crippen LogP contribution in [0.1, 0.15) is 26.7 Å². The molecule has 0 bridgehead atoms. The van der Waals surface area contributed by atoms with Crippen molar-refractivity contribution in [2.75, 3.05) is 23.9 Å². The lowest BCUT2D eigenvalue weighted by molar-refractivity contribution is 0.555. The Hall–Kier alpha value is -0.790. The van der Waals surface area contributed by atoms with Crippen LogP contribution in [0, 0.1) is 0 Å². The molecule has 1 rings (SSSR count). The molecule has 0 aliphatic heterocycles. The Morgan fingerprint density at radius 1 is 1.40 bits per heavy atom. The third-order valence-electron chi connectivity index (χ3n) is 2.77. The molecule has 0 spiro atoms. The second-order valence-corrected chi connectivity index (χ2v) is 7.00. The second-order valence-electron chi connectivity index (χ2n) is 4.46. The van der Waals surface area contributed by atoms with Gasteiger partial charge in [0.05, 0.1) is 5.69 Å². The van der Waals surface area contributed by atoms with Crippen LogP contribution < -0.4 is 10.0 Å². The minimum atomic E-state index is -3.59. The minimum Gasteiger partial charge on any atom is -0.383 e. The monoisotopic (exact) mass is 317 g/mol. The van der Waals surface area contributed by atoms with Gasteiger partial charge in [-0.2, -0.15) is 11.8 Å². The van der Waals surface area contributed by atoms with Crippen molar-refractivity contribution in [3.8, 4) is 0 Å². The van der Waals surface area contributed by atoms with Crippen molar-refractivity contribution in [3.63, 3.8) is 0 Å². The first-order valence-electron chi connectivity index (χ1n) is 6.75. The summed E-state index contributed by atoms with van der Waals surface area (Å²) in [5.41, 5.74) is 0.556.